The van der Waals surface area contributed by atoms with Crippen molar-refractivity contribution >= 4 is 15.9 Å². The maximum Gasteiger partial charge on any atom is 0.130 e. The maximum absolute atomic E-state index is 13.7. The van der Waals surface area contributed by atoms with Gasteiger partial charge in [-0.25, -0.2) is 4.39 Å². The highest BCUT2D eigenvalue weighted by atomic mass is 79.9. The van der Waals surface area contributed by atoms with E-state index >= 15 is 0 Å². The van der Waals surface area contributed by atoms with Gasteiger partial charge in [-0.1, -0.05) is 22.0 Å². The first-order valence-electron chi connectivity index (χ1n) is 5.44. The molecule has 1 aromatic rings. The molecule has 1 rings (SSSR count). The number of halogens is 2. The molecule has 96 valence electrons. The molecule has 0 aliphatic carbocycles. The van der Waals surface area contributed by atoms with Gasteiger partial charge in [-0.15, -0.1) is 0 Å². The molecule has 0 heterocycles. The number of rotatable bonds is 5. The highest BCUT2D eigenvalue weighted by Gasteiger charge is 2.20. The molecule has 1 aromatic carbocycles. The monoisotopic (exact) mass is 305 g/mol. The molecule has 3 unspecified atom stereocenters. The first-order chi connectivity index (χ1) is 7.95. The summed E-state index contributed by atoms with van der Waals surface area (Å²) in [6, 6.07) is 4.73. The average molecular weight is 306 g/mol. The van der Waals surface area contributed by atoms with Gasteiger partial charge in [-0.05, 0) is 26.0 Å². The fourth-order valence-electron chi connectivity index (χ4n) is 1.39. The highest BCUT2D eigenvalue weighted by molar-refractivity contribution is 9.10. The van der Waals surface area contributed by atoms with Crippen LogP contribution in [-0.2, 0) is 4.74 Å². The van der Waals surface area contributed by atoms with Crippen LogP contribution >= 0.6 is 15.9 Å². The molecule has 0 spiro atoms. The largest absolute Gasteiger partial charge is 0.391 e. The summed E-state index contributed by atoms with van der Waals surface area (Å²) in [4.78, 5) is 0. The smallest absolute Gasteiger partial charge is 0.130 e. The van der Waals surface area contributed by atoms with Gasteiger partial charge in [0.15, 0.2) is 0 Å². The van der Waals surface area contributed by atoms with Crippen LogP contribution in [-0.4, -0.2) is 23.9 Å². The Kier molecular flexibility index (Phi) is 5.52. The minimum atomic E-state index is -0.623. The number of benzene rings is 1. The summed E-state index contributed by atoms with van der Waals surface area (Å²) in [5.74, 6) is -0.368. The average Bonchev–Trinajstić information content (AvgIpc) is 2.26. The molecule has 0 radical (unpaired) electrons. The van der Waals surface area contributed by atoms with Gasteiger partial charge < -0.3 is 15.6 Å². The van der Waals surface area contributed by atoms with Crippen molar-refractivity contribution in [2.24, 2.45) is 5.73 Å². The Morgan fingerprint density at radius 3 is 2.59 bits per heavy atom. The fourth-order valence-corrected chi connectivity index (χ4v) is 1.72. The van der Waals surface area contributed by atoms with Crippen LogP contribution < -0.4 is 5.73 Å². The zero-order valence-corrected chi connectivity index (χ0v) is 11.4. The molecule has 17 heavy (non-hydrogen) atoms. The lowest BCUT2D eigenvalue weighted by atomic mass is 10.1. The number of hydrogen-bond acceptors (Lipinski definition) is 3. The zero-order valence-electron chi connectivity index (χ0n) is 9.86. The predicted octanol–water partition coefficient (Wildman–Crippen LogP) is 2.37. The second kappa shape index (κ2) is 6.44. The molecule has 3 nitrogen and oxygen atoms in total. The van der Waals surface area contributed by atoms with Crippen molar-refractivity contribution in [3.8, 4) is 0 Å². The molecule has 0 bridgehead atoms. The molecular weight excluding hydrogens is 289 g/mol. The van der Waals surface area contributed by atoms with Crippen LogP contribution in [0.5, 0.6) is 0 Å². The van der Waals surface area contributed by atoms with Gasteiger partial charge in [0.2, 0.25) is 0 Å². The van der Waals surface area contributed by atoms with E-state index in [0.717, 1.165) is 0 Å². The van der Waals surface area contributed by atoms with E-state index in [1.54, 1.807) is 26.0 Å². The Bertz CT molecular complexity index is 374. The topological polar surface area (TPSA) is 55.5 Å². The van der Waals surface area contributed by atoms with E-state index in [2.05, 4.69) is 15.9 Å². The van der Waals surface area contributed by atoms with Crippen molar-refractivity contribution < 1.29 is 14.2 Å². The number of nitrogens with two attached hydrogens (primary N) is 1. The second-order valence-corrected chi connectivity index (χ2v) is 4.89. The van der Waals surface area contributed by atoms with Crippen molar-refractivity contribution in [1.82, 2.24) is 0 Å². The SMILES string of the molecule is CC(O)C(C)OC(CN)c1ccc(Br)cc1F. The van der Waals surface area contributed by atoms with Crippen molar-refractivity contribution in [2.75, 3.05) is 6.54 Å². The van der Waals surface area contributed by atoms with E-state index in [4.69, 9.17) is 10.5 Å². The highest BCUT2D eigenvalue weighted by Crippen LogP contribution is 2.24. The van der Waals surface area contributed by atoms with Crippen LogP contribution in [0.15, 0.2) is 22.7 Å². The predicted molar refractivity (Wildman–Crippen MR) is 68.1 cm³/mol. The third-order valence-corrected chi connectivity index (χ3v) is 3.07. The Morgan fingerprint density at radius 1 is 1.47 bits per heavy atom. The molecule has 0 aliphatic heterocycles. The van der Waals surface area contributed by atoms with Crippen molar-refractivity contribution in [2.45, 2.75) is 32.2 Å². The van der Waals surface area contributed by atoms with Crippen molar-refractivity contribution in [1.29, 1.82) is 0 Å². The number of ether oxygens (including phenoxy) is 1. The number of hydrogen-bond donors (Lipinski definition) is 2. The van der Waals surface area contributed by atoms with Crippen molar-refractivity contribution in [3.05, 3.63) is 34.1 Å². The minimum Gasteiger partial charge on any atom is -0.391 e. The molecule has 5 heteroatoms. The van der Waals surface area contributed by atoms with E-state index in [0.29, 0.717) is 10.0 Å². The quantitative estimate of drug-likeness (QED) is 0.878. The van der Waals surface area contributed by atoms with E-state index in [9.17, 15) is 9.50 Å². The zero-order chi connectivity index (χ0) is 13.0. The summed E-state index contributed by atoms with van der Waals surface area (Å²) in [5, 5.41) is 9.36. The van der Waals surface area contributed by atoms with Gasteiger partial charge >= 0.3 is 0 Å². The molecule has 0 saturated carbocycles. The molecule has 0 aromatic heterocycles. The molecule has 0 saturated heterocycles. The van der Waals surface area contributed by atoms with Gasteiger partial charge in [0, 0.05) is 16.6 Å². The summed E-state index contributed by atoms with van der Waals surface area (Å²) in [5.41, 5.74) is 5.98. The number of aliphatic hydroxyl groups excluding tert-OH is 1. The lowest BCUT2D eigenvalue weighted by molar-refractivity contribution is -0.0602. The summed E-state index contributed by atoms with van der Waals surface area (Å²) in [6.07, 6.45) is -1.57. The fraction of sp³-hybridized carbons (Fsp3) is 0.500. The Labute approximate surface area is 109 Å². The van der Waals surface area contributed by atoms with Crippen LogP contribution in [0.2, 0.25) is 0 Å². The van der Waals surface area contributed by atoms with E-state index in [1.165, 1.54) is 6.07 Å². The Morgan fingerprint density at radius 2 is 2.12 bits per heavy atom. The number of aliphatic hydroxyl groups is 1. The van der Waals surface area contributed by atoms with Crippen LogP contribution in [0.4, 0.5) is 4.39 Å². The third-order valence-electron chi connectivity index (χ3n) is 2.58. The van der Waals surface area contributed by atoms with Gasteiger partial charge in [0.25, 0.3) is 0 Å². The molecule has 3 atom stereocenters. The van der Waals surface area contributed by atoms with E-state index < -0.39 is 18.3 Å². The van der Waals surface area contributed by atoms with Gasteiger partial charge in [-0.2, -0.15) is 0 Å². The lowest BCUT2D eigenvalue weighted by Crippen LogP contribution is -2.28. The summed E-state index contributed by atoms with van der Waals surface area (Å²) in [7, 11) is 0. The second-order valence-electron chi connectivity index (χ2n) is 3.97. The van der Waals surface area contributed by atoms with Gasteiger partial charge in [0.1, 0.15) is 5.82 Å². The third kappa shape index (κ3) is 4.03. The maximum atomic E-state index is 13.7. The van der Waals surface area contributed by atoms with Crippen LogP contribution in [0.1, 0.15) is 25.5 Å². The van der Waals surface area contributed by atoms with Crippen LogP contribution in [0.25, 0.3) is 0 Å². The summed E-state index contributed by atoms with van der Waals surface area (Å²) < 4.78 is 19.9. The molecule has 0 amide bonds. The normalized spacial score (nSPS) is 16.6. The van der Waals surface area contributed by atoms with E-state index in [-0.39, 0.29) is 12.4 Å². The molecule has 3 N–H and O–H groups in total. The Hall–Kier alpha value is -0.490. The minimum absolute atomic E-state index is 0.162. The summed E-state index contributed by atoms with van der Waals surface area (Å²) >= 11 is 3.19. The molecule has 0 fully saturated rings. The summed E-state index contributed by atoms with van der Waals surface area (Å²) in [6.45, 7) is 3.51. The first-order valence-corrected chi connectivity index (χ1v) is 6.23. The standard InChI is InChI=1S/C12H17BrFNO2/c1-7(16)8(2)17-12(6-15)10-4-3-9(13)5-11(10)14/h3-5,7-8,12,16H,6,15H2,1-2H3. The van der Waals surface area contributed by atoms with Crippen LogP contribution in [0.3, 0.4) is 0 Å². The van der Waals surface area contributed by atoms with Gasteiger partial charge in [-0.3, -0.25) is 0 Å². The van der Waals surface area contributed by atoms with Crippen molar-refractivity contribution in [3.63, 3.8) is 0 Å². The lowest BCUT2D eigenvalue weighted by Gasteiger charge is -2.23. The Balaban J connectivity index is 2.86. The molecular formula is C12H17BrFNO2. The van der Waals surface area contributed by atoms with Crippen LogP contribution in [0, 0.1) is 5.82 Å². The van der Waals surface area contributed by atoms with Gasteiger partial charge in [0.05, 0.1) is 18.3 Å². The van der Waals surface area contributed by atoms with E-state index in [1.807, 2.05) is 0 Å². The molecule has 0 aliphatic rings. The first kappa shape index (κ1) is 14.6.